The third kappa shape index (κ3) is 26.6. The zero-order chi connectivity index (χ0) is 28.2. The summed E-state index contributed by atoms with van der Waals surface area (Å²) in [4.78, 5) is 11.4. The highest BCUT2D eigenvalue weighted by molar-refractivity contribution is 5.69. The van der Waals surface area contributed by atoms with Gasteiger partial charge in [0, 0.05) is 13.0 Å². The van der Waals surface area contributed by atoms with Gasteiger partial charge in [-0.2, -0.15) is 0 Å². The smallest absolute Gasteiger partial charge is 0.305 e. The first kappa shape index (κ1) is 38.4. The van der Waals surface area contributed by atoms with Crippen LogP contribution in [0.15, 0.2) is 0 Å². The Morgan fingerprint density at radius 2 is 1.05 bits per heavy atom. The molecule has 0 aliphatic heterocycles. The molecule has 0 unspecified atom stereocenters. The predicted octanol–water partition coefficient (Wildman–Crippen LogP) is 4.23. The van der Waals surface area contributed by atoms with E-state index in [0.29, 0.717) is 13.0 Å². The summed E-state index contributed by atoms with van der Waals surface area (Å²) in [5, 5.41) is 47.5. The van der Waals surface area contributed by atoms with Crippen LogP contribution in [0.3, 0.4) is 0 Å². The van der Waals surface area contributed by atoms with Gasteiger partial charge < -0.3 is 35.6 Å². The number of likely N-dealkylation sites (N-methyl/N-ethyl adjacent to an activating group) is 1. The van der Waals surface area contributed by atoms with E-state index in [1.807, 2.05) is 0 Å². The number of carbonyl (C=O) groups is 1. The van der Waals surface area contributed by atoms with Crippen molar-refractivity contribution in [3.63, 3.8) is 0 Å². The quantitative estimate of drug-likeness (QED) is 0.0754. The van der Waals surface area contributed by atoms with E-state index >= 15 is 0 Å². The van der Waals surface area contributed by atoms with Crippen LogP contribution in [-0.2, 0) is 9.53 Å². The Bertz CT molecular complexity index is 468. The lowest BCUT2D eigenvalue weighted by Gasteiger charge is -2.25. The van der Waals surface area contributed by atoms with Crippen molar-refractivity contribution < 1.29 is 35.1 Å². The summed E-state index contributed by atoms with van der Waals surface area (Å²) < 4.78 is 5.16. The van der Waals surface area contributed by atoms with E-state index in [9.17, 15) is 9.90 Å². The highest BCUT2D eigenvalue weighted by Crippen LogP contribution is 2.14. The second-order valence-electron chi connectivity index (χ2n) is 10.1. The fourth-order valence-electron chi connectivity index (χ4n) is 3.94. The highest BCUT2D eigenvalue weighted by Gasteiger charge is 2.29. The molecule has 0 fully saturated rings. The lowest BCUT2D eigenvalue weighted by atomic mass is 10.0. The monoisotopic (exact) mass is 535 g/mol. The first-order valence-corrected chi connectivity index (χ1v) is 15.0. The van der Waals surface area contributed by atoms with Crippen LogP contribution in [0.4, 0.5) is 0 Å². The van der Waals surface area contributed by atoms with E-state index in [-0.39, 0.29) is 12.5 Å². The van der Waals surface area contributed by atoms with Crippen molar-refractivity contribution in [1.29, 1.82) is 0 Å². The third-order valence-electron chi connectivity index (χ3n) is 6.48. The number of aliphatic hydroxyl groups is 5. The van der Waals surface area contributed by atoms with Gasteiger partial charge in [-0.25, -0.2) is 0 Å². The van der Waals surface area contributed by atoms with Crippen molar-refractivity contribution in [3.05, 3.63) is 0 Å². The van der Waals surface area contributed by atoms with Gasteiger partial charge in [0.25, 0.3) is 0 Å². The number of carbonyl (C=O) groups excluding carboxylic acids is 1. The van der Waals surface area contributed by atoms with Gasteiger partial charge in [-0.1, -0.05) is 110 Å². The van der Waals surface area contributed by atoms with Crippen molar-refractivity contribution in [3.8, 4) is 0 Å². The van der Waals surface area contributed by atoms with Crippen LogP contribution in [0.1, 0.15) is 129 Å². The molecule has 0 amide bonds. The zero-order valence-electron chi connectivity index (χ0n) is 24.2. The van der Waals surface area contributed by atoms with Crippen LogP contribution in [0.5, 0.6) is 0 Å². The number of hydrogen-bond acceptors (Lipinski definition) is 8. The molecule has 0 heterocycles. The fourth-order valence-corrected chi connectivity index (χ4v) is 3.94. The zero-order valence-corrected chi connectivity index (χ0v) is 24.2. The molecule has 0 spiro atoms. The Balaban J connectivity index is 0. The summed E-state index contributed by atoms with van der Waals surface area (Å²) in [6.45, 7) is 4.43. The SMILES string of the molecule is CCCCCCCCCCCCCCCCCC(=O)OCCCC.CNC[C@H](O)[C@@H](O)[C@H](O)[C@H](O)CO. The molecule has 8 heteroatoms. The van der Waals surface area contributed by atoms with Gasteiger partial charge in [0.1, 0.15) is 18.3 Å². The van der Waals surface area contributed by atoms with Crippen LogP contribution < -0.4 is 5.32 Å². The van der Waals surface area contributed by atoms with Crippen LogP contribution in [0.25, 0.3) is 0 Å². The summed E-state index contributed by atoms with van der Waals surface area (Å²) in [5.74, 6) is -0.00172. The molecule has 0 aliphatic carbocycles. The summed E-state index contributed by atoms with van der Waals surface area (Å²) in [6, 6.07) is 0. The molecule has 0 saturated heterocycles. The minimum atomic E-state index is -1.55. The van der Waals surface area contributed by atoms with Gasteiger partial charge in [0.05, 0.1) is 19.3 Å². The summed E-state index contributed by atoms with van der Waals surface area (Å²) >= 11 is 0. The average Bonchev–Trinajstić information content (AvgIpc) is 2.90. The molecule has 0 radical (unpaired) electrons. The van der Waals surface area contributed by atoms with Crippen LogP contribution >= 0.6 is 0 Å². The molecule has 0 bridgehead atoms. The largest absolute Gasteiger partial charge is 0.466 e. The van der Waals surface area contributed by atoms with Crippen LogP contribution in [-0.4, -0.2) is 82.7 Å². The Morgan fingerprint density at radius 3 is 1.46 bits per heavy atom. The van der Waals surface area contributed by atoms with Crippen LogP contribution in [0.2, 0.25) is 0 Å². The molecule has 37 heavy (non-hydrogen) atoms. The van der Waals surface area contributed by atoms with Crippen LogP contribution in [0, 0.1) is 0 Å². The normalized spacial score (nSPS) is 14.4. The number of esters is 1. The molecule has 0 aromatic rings. The molecule has 8 nitrogen and oxygen atoms in total. The minimum Gasteiger partial charge on any atom is -0.466 e. The minimum absolute atomic E-state index is 0.00172. The number of rotatable bonds is 25. The number of unbranched alkanes of at least 4 members (excludes halogenated alkanes) is 15. The van der Waals surface area contributed by atoms with Crippen molar-refractivity contribution in [1.82, 2.24) is 5.32 Å². The summed E-state index contributed by atoms with van der Waals surface area (Å²) in [6.07, 6.45) is 17.4. The predicted molar refractivity (Wildman–Crippen MR) is 150 cm³/mol. The Morgan fingerprint density at radius 1 is 0.649 bits per heavy atom. The molecule has 0 aromatic carbocycles. The first-order chi connectivity index (χ1) is 17.8. The molecule has 6 N–H and O–H groups in total. The maximum atomic E-state index is 11.4. The lowest BCUT2D eigenvalue weighted by Crippen LogP contribution is -2.48. The van der Waals surface area contributed by atoms with E-state index in [4.69, 9.17) is 25.2 Å². The summed E-state index contributed by atoms with van der Waals surface area (Å²) in [7, 11) is 1.57. The summed E-state index contributed by atoms with van der Waals surface area (Å²) in [5.41, 5.74) is 0. The second-order valence-corrected chi connectivity index (χ2v) is 10.1. The third-order valence-corrected chi connectivity index (χ3v) is 6.48. The van der Waals surface area contributed by atoms with E-state index in [1.54, 1.807) is 7.05 Å². The van der Waals surface area contributed by atoms with Gasteiger partial charge >= 0.3 is 5.97 Å². The van der Waals surface area contributed by atoms with Crippen molar-refractivity contribution in [2.24, 2.45) is 0 Å². The van der Waals surface area contributed by atoms with E-state index < -0.39 is 31.0 Å². The van der Waals surface area contributed by atoms with E-state index in [2.05, 4.69) is 19.2 Å². The maximum Gasteiger partial charge on any atom is 0.305 e. The molecule has 224 valence electrons. The van der Waals surface area contributed by atoms with E-state index in [0.717, 1.165) is 19.3 Å². The number of aliphatic hydroxyl groups excluding tert-OH is 5. The molecular formula is C29H61NO7. The van der Waals surface area contributed by atoms with Gasteiger partial charge in [-0.05, 0) is 19.9 Å². The Labute approximate surface area is 227 Å². The first-order valence-electron chi connectivity index (χ1n) is 15.0. The number of ether oxygens (including phenoxy) is 1. The standard InChI is InChI=1S/C22H44O2.C7H17NO5/c1-3-5-7-8-9-10-11-12-13-14-15-16-17-18-19-20-22(23)24-21-6-4-2;1-8-2-4(10)6(12)7(13)5(11)3-9/h3-21H2,1-2H3;4-13H,2-3H2,1H3/t;4-,5+,6+,7+/m.0/s1. The lowest BCUT2D eigenvalue weighted by molar-refractivity contribution is -0.143. The second kappa shape index (κ2) is 29.8. The van der Waals surface area contributed by atoms with Crippen molar-refractivity contribution in [2.75, 3.05) is 26.8 Å². The van der Waals surface area contributed by atoms with Gasteiger partial charge in [0.2, 0.25) is 0 Å². The maximum absolute atomic E-state index is 11.4. The molecular weight excluding hydrogens is 474 g/mol. The molecule has 0 aromatic heterocycles. The van der Waals surface area contributed by atoms with Gasteiger partial charge in [-0.3, -0.25) is 4.79 Å². The molecule has 0 aliphatic rings. The fraction of sp³-hybridized carbons (Fsp3) is 0.966. The average molecular weight is 536 g/mol. The van der Waals surface area contributed by atoms with E-state index in [1.165, 1.54) is 89.9 Å². The molecule has 0 saturated carbocycles. The van der Waals surface area contributed by atoms with Gasteiger partial charge in [0.15, 0.2) is 0 Å². The van der Waals surface area contributed by atoms with Crippen molar-refractivity contribution in [2.45, 2.75) is 154 Å². The van der Waals surface area contributed by atoms with Crippen molar-refractivity contribution >= 4 is 5.97 Å². The molecule has 4 atom stereocenters. The Hall–Kier alpha value is -0.770. The number of hydrogen-bond donors (Lipinski definition) is 6. The van der Waals surface area contributed by atoms with Gasteiger partial charge in [-0.15, -0.1) is 0 Å². The Kier molecular flexibility index (Phi) is 30.9. The molecule has 0 rings (SSSR count). The number of nitrogens with one attached hydrogen (secondary N) is 1. The highest BCUT2D eigenvalue weighted by atomic mass is 16.5. The topological polar surface area (TPSA) is 139 Å².